The molecule has 2 aromatic carbocycles. The van der Waals surface area contributed by atoms with Crippen molar-refractivity contribution >= 4 is 17.0 Å². The van der Waals surface area contributed by atoms with Crippen molar-refractivity contribution in [2.24, 2.45) is 5.41 Å². The van der Waals surface area contributed by atoms with Crippen molar-refractivity contribution in [1.29, 1.82) is 0 Å². The third kappa shape index (κ3) is 4.36. The van der Waals surface area contributed by atoms with Crippen LogP contribution in [0.25, 0.3) is 11.0 Å². The van der Waals surface area contributed by atoms with Crippen LogP contribution in [0.15, 0.2) is 54.6 Å². The number of aromatic nitrogens is 2. The fraction of sp³-hybridized carbons (Fsp3) is 0.400. The van der Waals surface area contributed by atoms with Gasteiger partial charge in [-0.2, -0.15) is 0 Å². The Kier molecular flexibility index (Phi) is 6.09. The standard InChI is InChI=1S/C25H29N3O2/c1-3-30-24(29)25(17-20-9-5-4-6-10-20)13-15-28(16-14-25)18-23-19(2)26-21-11-7-8-12-22(21)27-23/h4-12H,3,13-18H2,1-2H3. The summed E-state index contributed by atoms with van der Waals surface area (Å²) in [5.74, 6) is -0.0600. The Hall–Kier alpha value is -2.79. The Balaban J connectivity index is 1.49. The molecule has 0 amide bonds. The van der Waals surface area contributed by atoms with Gasteiger partial charge in [0.2, 0.25) is 0 Å². The molecule has 2 heterocycles. The summed E-state index contributed by atoms with van der Waals surface area (Å²) >= 11 is 0. The van der Waals surface area contributed by atoms with E-state index in [4.69, 9.17) is 14.7 Å². The second-order valence-electron chi connectivity index (χ2n) is 8.18. The number of likely N-dealkylation sites (tertiary alicyclic amines) is 1. The van der Waals surface area contributed by atoms with Gasteiger partial charge < -0.3 is 4.74 Å². The second-order valence-corrected chi connectivity index (χ2v) is 8.18. The van der Waals surface area contributed by atoms with Gasteiger partial charge in [-0.15, -0.1) is 0 Å². The van der Waals surface area contributed by atoms with Gasteiger partial charge >= 0.3 is 5.97 Å². The number of hydrogen-bond acceptors (Lipinski definition) is 5. The number of ether oxygens (including phenoxy) is 1. The van der Waals surface area contributed by atoms with Gasteiger partial charge in [-0.05, 0) is 63.9 Å². The number of aryl methyl sites for hydroxylation is 1. The van der Waals surface area contributed by atoms with E-state index in [-0.39, 0.29) is 5.97 Å². The molecule has 30 heavy (non-hydrogen) atoms. The van der Waals surface area contributed by atoms with E-state index in [0.29, 0.717) is 6.61 Å². The number of rotatable bonds is 6. The lowest BCUT2D eigenvalue weighted by Gasteiger charge is -2.40. The van der Waals surface area contributed by atoms with E-state index in [1.54, 1.807) is 0 Å². The molecule has 0 bridgehead atoms. The lowest BCUT2D eigenvalue weighted by molar-refractivity contribution is -0.158. The molecule has 0 N–H and O–H groups in total. The fourth-order valence-electron chi connectivity index (χ4n) is 4.35. The molecule has 1 aliphatic heterocycles. The zero-order valence-corrected chi connectivity index (χ0v) is 17.8. The highest BCUT2D eigenvalue weighted by Gasteiger charge is 2.42. The summed E-state index contributed by atoms with van der Waals surface area (Å²) in [6.45, 7) is 6.78. The Morgan fingerprint density at radius 1 is 1.00 bits per heavy atom. The molecule has 5 heteroatoms. The van der Waals surface area contributed by atoms with Crippen molar-refractivity contribution < 1.29 is 9.53 Å². The molecule has 3 aromatic rings. The van der Waals surface area contributed by atoms with Crippen molar-refractivity contribution in [3.63, 3.8) is 0 Å². The van der Waals surface area contributed by atoms with E-state index < -0.39 is 5.41 Å². The topological polar surface area (TPSA) is 55.3 Å². The quantitative estimate of drug-likeness (QED) is 0.574. The van der Waals surface area contributed by atoms with Crippen LogP contribution in [0.4, 0.5) is 0 Å². The first-order valence-electron chi connectivity index (χ1n) is 10.8. The van der Waals surface area contributed by atoms with Gasteiger partial charge in [0.1, 0.15) is 0 Å². The molecule has 156 valence electrons. The molecule has 0 radical (unpaired) electrons. The number of benzene rings is 2. The predicted octanol–water partition coefficient (Wildman–Crippen LogP) is 4.33. The van der Waals surface area contributed by atoms with E-state index in [1.165, 1.54) is 5.56 Å². The van der Waals surface area contributed by atoms with Crippen molar-refractivity contribution in [3.05, 3.63) is 71.5 Å². The average molecular weight is 404 g/mol. The highest BCUT2D eigenvalue weighted by atomic mass is 16.5. The van der Waals surface area contributed by atoms with Crippen LogP contribution >= 0.6 is 0 Å². The normalized spacial score (nSPS) is 16.5. The average Bonchev–Trinajstić information content (AvgIpc) is 2.76. The molecule has 1 aromatic heterocycles. The molecule has 0 unspecified atom stereocenters. The number of carbonyl (C=O) groups is 1. The third-order valence-electron chi connectivity index (χ3n) is 6.12. The number of piperidine rings is 1. The van der Waals surface area contributed by atoms with Crippen LogP contribution in [0.2, 0.25) is 0 Å². The highest BCUT2D eigenvalue weighted by molar-refractivity contribution is 5.77. The SMILES string of the molecule is CCOC(=O)C1(Cc2ccccc2)CCN(Cc2nc3ccccc3nc2C)CC1. The summed E-state index contributed by atoms with van der Waals surface area (Å²) in [5.41, 5.74) is 4.59. The second kappa shape index (κ2) is 8.92. The zero-order chi connectivity index (χ0) is 21.0. The van der Waals surface area contributed by atoms with Gasteiger partial charge in [-0.3, -0.25) is 9.69 Å². The van der Waals surface area contributed by atoms with E-state index in [9.17, 15) is 4.79 Å². The summed E-state index contributed by atoms with van der Waals surface area (Å²) in [6.07, 6.45) is 2.32. The molecule has 1 aliphatic rings. The molecule has 5 nitrogen and oxygen atoms in total. The van der Waals surface area contributed by atoms with Crippen LogP contribution in [0.1, 0.15) is 36.7 Å². The van der Waals surface area contributed by atoms with Gasteiger partial charge in [0, 0.05) is 6.54 Å². The molecular formula is C25H29N3O2. The van der Waals surface area contributed by atoms with Gasteiger partial charge in [-0.1, -0.05) is 42.5 Å². The van der Waals surface area contributed by atoms with E-state index in [0.717, 1.165) is 61.3 Å². The van der Waals surface area contributed by atoms with E-state index in [2.05, 4.69) is 17.0 Å². The summed E-state index contributed by atoms with van der Waals surface area (Å²) in [5, 5.41) is 0. The maximum Gasteiger partial charge on any atom is 0.312 e. The van der Waals surface area contributed by atoms with Crippen LogP contribution in [0.5, 0.6) is 0 Å². The van der Waals surface area contributed by atoms with Gasteiger partial charge in [0.15, 0.2) is 0 Å². The molecule has 1 saturated heterocycles. The lowest BCUT2D eigenvalue weighted by Crippen LogP contribution is -2.46. The number of nitrogens with zero attached hydrogens (tertiary/aromatic N) is 3. The fourth-order valence-corrected chi connectivity index (χ4v) is 4.35. The minimum absolute atomic E-state index is 0.0600. The number of hydrogen-bond donors (Lipinski definition) is 0. The maximum atomic E-state index is 12.9. The van der Waals surface area contributed by atoms with Crippen LogP contribution in [-0.4, -0.2) is 40.5 Å². The van der Waals surface area contributed by atoms with E-state index in [1.807, 2.05) is 56.3 Å². The van der Waals surface area contributed by atoms with Crippen LogP contribution in [-0.2, 0) is 22.5 Å². The minimum Gasteiger partial charge on any atom is -0.466 e. The monoisotopic (exact) mass is 403 g/mol. The number of esters is 1. The highest BCUT2D eigenvalue weighted by Crippen LogP contribution is 2.37. The summed E-state index contributed by atoms with van der Waals surface area (Å²) in [4.78, 5) is 24.9. The summed E-state index contributed by atoms with van der Waals surface area (Å²) in [6, 6.07) is 18.3. The summed E-state index contributed by atoms with van der Waals surface area (Å²) in [7, 11) is 0. The lowest BCUT2D eigenvalue weighted by atomic mass is 9.73. The molecule has 4 rings (SSSR count). The third-order valence-corrected chi connectivity index (χ3v) is 6.12. The van der Waals surface area contributed by atoms with Crippen LogP contribution in [0.3, 0.4) is 0 Å². The predicted molar refractivity (Wildman–Crippen MR) is 118 cm³/mol. The Morgan fingerprint density at radius 3 is 2.30 bits per heavy atom. The zero-order valence-electron chi connectivity index (χ0n) is 17.8. The van der Waals surface area contributed by atoms with Gasteiger partial charge in [0.25, 0.3) is 0 Å². The Bertz CT molecular complexity index is 1010. The van der Waals surface area contributed by atoms with E-state index >= 15 is 0 Å². The van der Waals surface area contributed by atoms with Crippen molar-refractivity contribution in [3.8, 4) is 0 Å². The Labute approximate surface area is 178 Å². The minimum atomic E-state index is -0.446. The Morgan fingerprint density at radius 2 is 1.63 bits per heavy atom. The molecular weight excluding hydrogens is 374 g/mol. The molecule has 0 spiro atoms. The number of fused-ring (bicyclic) bond motifs is 1. The van der Waals surface area contributed by atoms with Crippen molar-refractivity contribution in [2.45, 2.75) is 39.7 Å². The molecule has 1 fully saturated rings. The maximum absolute atomic E-state index is 12.9. The molecule has 0 saturated carbocycles. The van der Waals surface area contributed by atoms with Gasteiger partial charge in [0.05, 0.1) is 34.4 Å². The van der Waals surface area contributed by atoms with Crippen molar-refractivity contribution in [2.75, 3.05) is 19.7 Å². The number of para-hydroxylation sites is 2. The van der Waals surface area contributed by atoms with Crippen LogP contribution < -0.4 is 0 Å². The summed E-state index contributed by atoms with van der Waals surface area (Å²) < 4.78 is 5.50. The van der Waals surface area contributed by atoms with Crippen molar-refractivity contribution in [1.82, 2.24) is 14.9 Å². The number of carbonyl (C=O) groups excluding carboxylic acids is 1. The smallest absolute Gasteiger partial charge is 0.312 e. The molecule has 0 atom stereocenters. The van der Waals surface area contributed by atoms with Gasteiger partial charge in [-0.25, -0.2) is 9.97 Å². The first-order chi connectivity index (χ1) is 14.6. The first kappa shape index (κ1) is 20.5. The largest absolute Gasteiger partial charge is 0.466 e. The first-order valence-corrected chi connectivity index (χ1v) is 10.8. The van der Waals surface area contributed by atoms with Crippen LogP contribution in [0, 0.1) is 12.3 Å². The molecule has 0 aliphatic carbocycles.